The first-order valence-corrected chi connectivity index (χ1v) is 5.63. The molecule has 2 nitrogen and oxygen atoms in total. The van der Waals surface area contributed by atoms with Gasteiger partial charge in [-0.1, -0.05) is 18.3 Å². The minimum atomic E-state index is -4.70. The Hall–Kier alpha value is -1.76. The summed E-state index contributed by atoms with van der Waals surface area (Å²) in [6.45, 7) is 1.65. The number of hydrogen-bond donors (Lipinski definition) is 1. The molecule has 0 aliphatic carbocycles. The molecule has 2 aromatic rings. The van der Waals surface area contributed by atoms with E-state index in [0.717, 1.165) is 6.07 Å². The molecule has 100 valence electrons. The molecule has 0 saturated carbocycles. The van der Waals surface area contributed by atoms with Gasteiger partial charge in [0.05, 0.1) is 5.56 Å². The van der Waals surface area contributed by atoms with Crippen molar-refractivity contribution in [2.45, 2.75) is 13.1 Å². The number of nitrogens with one attached hydrogen (secondary N) is 1. The van der Waals surface area contributed by atoms with E-state index in [-0.39, 0.29) is 10.2 Å². The Morgan fingerprint density at radius 1 is 1.21 bits per heavy atom. The molecule has 1 N–H and O–H groups in total. The Morgan fingerprint density at radius 2 is 1.89 bits per heavy atom. The van der Waals surface area contributed by atoms with E-state index in [2.05, 4.69) is 9.97 Å². The Kier molecular flexibility index (Phi) is 3.40. The van der Waals surface area contributed by atoms with Gasteiger partial charge in [0, 0.05) is 11.3 Å². The zero-order valence-electron chi connectivity index (χ0n) is 9.68. The van der Waals surface area contributed by atoms with Crippen molar-refractivity contribution >= 4 is 12.2 Å². The summed E-state index contributed by atoms with van der Waals surface area (Å²) in [4.78, 5) is 6.75. The highest BCUT2D eigenvalue weighted by Gasteiger charge is 2.33. The summed E-state index contributed by atoms with van der Waals surface area (Å²) in [5.41, 5.74) is -0.590. The van der Waals surface area contributed by atoms with E-state index in [4.69, 9.17) is 12.2 Å². The highest BCUT2D eigenvalue weighted by atomic mass is 32.1. The van der Waals surface area contributed by atoms with Gasteiger partial charge < -0.3 is 4.98 Å². The van der Waals surface area contributed by atoms with Crippen molar-refractivity contribution in [1.29, 1.82) is 0 Å². The minimum Gasteiger partial charge on any atom is -0.343 e. The van der Waals surface area contributed by atoms with E-state index in [1.807, 2.05) is 0 Å². The van der Waals surface area contributed by atoms with Crippen LogP contribution in [-0.2, 0) is 6.18 Å². The van der Waals surface area contributed by atoms with Crippen LogP contribution in [0.3, 0.4) is 0 Å². The van der Waals surface area contributed by atoms with Crippen molar-refractivity contribution in [2.24, 2.45) is 0 Å². The number of aryl methyl sites for hydroxylation is 1. The number of alkyl halides is 3. The molecule has 1 aromatic heterocycles. The lowest BCUT2D eigenvalue weighted by molar-refractivity contribution is -0.139. The van der Waals surface area contributed by atoms with Crippen LogP contribution in [0.2, 0.25) is 0 Å². The average molecular weight is 288 g/mol. The molecule has 1 aromatic carbocycles. The number of halogens is 4. The monoisotopic (exact) mass is 288 g/mol. The van der Waals surface area contributed by atoms with Crippen LogP contribution < -0.4 is 0 Å². The number of aromatic amines is 1. The number of nitrogens with zero attached hydrogens (tertiary/aromatic N) is 1. The van der Waals surface area contributed by atoms with Gasteiger partial charge in [-0.3, -0.25) is 0 Å². The van der Waals surface area contributed by atoms with Crippen molar-refractivity contribution in [3.05, 3.63) is 46.1 Å². The van der Waals surface area contributed by atoms with Crippen LogP contribution in [0.4, 0.5) is 17.6 Å². The second kappa shape index (κ2) is 4.73. The largest absolute Gasteiger partial charge is 0.419 e. The van der Waals surface area contributed by atoms with Crippen LogP contribution in [0, 0.1) is 17.4 Å². The Morgan fingerprint density at radius 3 is 2.42 bits per heavy atom. The van der Waals surface area contributed by atoms with Gasteiger partial charge in [0.1, 0.15) is 16.3 Å². The molecule has 0 radical (unpaired) electrons. The van der Waals surface area contributed by atoms with Gasteiger partial charge in [0.25, 0.3) is 0 Å². The zero-order chi connectivity index (χ0) is 14.2. The maximum Gasteiger partial charge on any atom is 0.419 e. The van der Waals surface area contributed by atoms with Gasteiger partial charge in [-0.2, -0.15) is 13.2 Å². The van der Waals surface area contributed by atoms with Gasteiger partial charge in [-0.15, -0.1) is 0 Å². The van der Waals surface area contributed by atoms with Gasteiger partial charge in [0.15, 0.2) is 0 Å². The van der Waals surface area contributed by atoms with E-state index in [1.54, 1.807) is 6.92 Å². The van der Waals surface area contributed by atoms with Crippen LogP contribution in [0.5, 0.6) is 0 Å². The maximum atomic E-state index is 13.5. The van der Waals surface area contributed by atoms with E-state index < -0.39 is 17.6 Å². The Labute approximate surface area is 111 Å². The van der Waals surface area contributed by atoms with Gasteiger partial charge in [-0.25, -0.2) is 9.37 Å². The second-order valence-corrected chi connectivity index (χ2v) is 4.33. The summed E-state index contributed by atoms with van der Waals surface area (Å²) < 4.78 is 51.1. The molecule has 0 fully saturated rings. The minimum absolute atomic E-state index is 0.280. The lowest BCUT2D eigenvalue weighted by Gasteiger charge is -2.09. The van der Waals surface area contributed by atoms with E-state index in [9.17, 15) is 17.6 Å². The number of benzene rings is 1. The summed E-state index contributed by atoms with van der Waals surface area (Å²) in [7, 11) is 0. The second-order valence-electron chi connectivity index (χ2n) is 3.91. The van der Waals surface area contributed by atoms with Crippen LogP contribution in [0.25, 0.3) is 11.3 Å². The van der Waals surface area contributed by atoms with Crippen LogP contribution >= 0.6 is 12.2 Å². The van der Waals surface area contributed by atoms with Gasteiger partial charge >= 0.3 is 6.18 Å². The topological polar surface area (TPSA) is 28.7 Å². The van der Waals surface area contributed by atoms with Gasteiger partial charge in [0.2, 0.25) is 0 Å². The first-order chi connectivity index (χ1) is 8.77. The third kappa shape index (κ3) is 2.98. The third-order valence-corrected chi connectivity index (χ3v) is 2.66. The lowest BCUT2D eigenvalue weighted by Crippen LogP contribution is -2.08. The molecule has 1 heterocycles. The quantitative estimate of drug-likeness (QED) is 0.627. The third-order valence-electron chi connectivity index (χ3n) is 2.45. The van der Waals surface area contributed by atoms with Crippen molar-refractivity contribution in [3.63, 3.8) is 0 Å². The summed E-state index contributed by atoms with van der Waals surface area (Å²) in [6, 6.07) is 4.18. The molecule has 0 atom stereocenters. The molecule has 0 spiro atoms. The summed E-state index contributed by atoms with van der Waals surface area (Å²) in [5, 5.41) is 0. The molecule has 0 bridgehead atoms. The summed E-state index contributed by atoms with van der Waals surface area (Å²) in [5.74, 6) is -0.818. The fourth-order valence-corrected chi connectivity index (χ4v) is 1.90. The molecule has 0 amide bonds. The van der Waals surface area contributed by atoms with Gasteiger partial charge in [-0.05, 0) is 25.1 Å². The number of aromatic nitrogens is 2. The first kappa shape index (κ1) is 13.7. The predicted octanol–water partition coefficient (Wildman–Crippen LogP) is 4.27. The fourth-order valence-electron chi connectivity index (χ4n) is 1.65. The smallest absolute Gasteiger partial charge is 0.343 e. The Bertz CT molecular complexity index is 676. The first-order valence-electron chi connectivity index (χ1n) is 5.22. The molecular formula is C12H8F4N2S. The van der Waals surface area contributed by atoms with Crippen LogP contribution in [0.15, 0.2) is 24.3 Å². The maximum absolute atomic E-state index is 13.5. The highest BCUT2D eigenvalue weighted by molar-refractivity contribution is 7.71. The fraction of sp³-hybridized carbons (Fsp3) is 0.167. The molecule has 7 heteroatoms. The van der Waals surface area contributed by atoms with E-state index in [0.29, 0.717) is 17.6 Å². The average Bonchev–Trinajstić information content (AvgIpc) is 2.25. The number of hydrogen-bond acceptors (Lipinski definition) is 2. The van der Waals surface area contributed by atoms with Crippen molar-refractivity contribution in [1.82, 2.24) is 9.97 Å². The van der Waals surface area contributed by atoms with Crippen molar-refractivity contribution in [3.8, 4) is 11.3 Å². The molecular weight excluding hydrogens is 280 g/mol. The normalized spacial score (nSPS) is 11.6. The molecule has 2 rings (SSSR count). The zero-order valence-corrected chi connectivity index (χ0v) is 10.5. The molecule has 0 saturated heterocycles. The molecule has 0 unspecified atom stereocenters. The molecule has 19 heavy (non-hydrogen) atoms. The summed E-state index contributed by atoms with van der Waals surface area (Å²) >= 11 is 4.90. The molecule has 0 aliphatic rings. The predicted molar refractivity (Wildman–Crippen MR) is 64.6 cm³/mol. The number of H-pyrrole nitrogens is 1. The highest BCUT2D eigenvalue weighted by Crippen LogP contribution is 2.33. The Balaban J connectivity index is 2.53. The number of rotatable bonds is 1. The van der Waals surface area contributed by atoms with Crippen LogP contribution in [0.1, 0.15) is 11.4 Å². The molecule has 0 aliphatic heterocycles. The summed E-state index contributed by atoms with van der Waals surface area (Å²) in [6.07, 6.45) is -4.70. The van der Waals surface area contributed by atoms with Crippen LogP contribution in [-0.4, -0.2) is 9.97 Å². The van der Waals surface area contributed by atoms with Crippen molar-refractivity contribution in [2.75, 3.05) is 0 Å². The standard InChI is InChI=1S/C12H8F4N2S/c1-6-17-10(5-11(19)18-6)7-2-3-8(9(13)4-7)12(14,15)16/h2-5H,1H3,(H,17,18,19). The van der Waals surface area contributed by atoms with E-state index >= 15 is 0 Å². The lowest BCUT2D eigenvalue weighted by atomic mass is 10.1. The van der Waals surface area contributed by atoms with E-state index in [1.165, 1.54) is 12.1 Å². The van der Waals surface area contributed by atoms with Crippen molar-refractivity contribution < 1.29 is 17.6 Å². The SMILES string of the molecule is Cc1nc(=S)cc(-c2ccc(C(F)(F)F)c(F)c2)[nH]1.